The number of hydrogen-bond acceptors (Lipinski definition) is 5. The van der Waals surface area contributed by atoms with Crippen molar-refractivity contribution in [3.63, 3.8) is 0 Å². The SMILES string of the molecule is Cc1ccc(Cl)c2sc(N(CCN(C)C)C(=O)CCCSc3ccccc3)nc12.Cl. The van der Waals surface area contributed by atoms with Crippen LogP contribution < -0.4 is 4.90 Å². The van der Waals surface area contributed by atoms with Crippen LogP contribution in [0.3, 0.4) is 0 Å². The number of carbonyl (C=O) groups excluding carboxylic acids is 1. The molecule has 0 saturated heterocycles. The van der Waals surface area contributed by atoms with Crippen LogP contribution in [0.1, 0.15) is 18.4 Å². The number of rotatable bonds is 9. The van der Waals surface area contributed by atoms with Crippen molar-refractivity contribution in [2.45, 2.75) is 24.7 Å². The quantitative estimate of drug-likeness (QED) is 0.270. The van der Waals surface area contributed by atoms with Crippen LogP contribution in [0.15, 0.2) is 47.4 Å². The second-order valence-electron chi connectivity index (χ2n) is 7.15. The van der Waals surface area contributed by atoms with Gasteiger partial charge in [0.25, 0.3) is 0 Å². The Labute approximate surface area is 198 Å². The molecule has 162 valence electrons. The van der Waals surface area contributed by atoms with E-state index >= 15 is 0 Å². The first-order chi connectivity index (χ1) is 14.0. The van der Waals surface area contributed by atoms with Gasteiger partial charge in [-0.2, -0.15) is 0 Å². The Balaban J connectivity index is 0.00000320. The molecule has 0 aliphatic heterocycles. The van der Waals surface area contributed by atoms with Crippen molar-refractivity contribution in [2.24, 2.45) is 0 Å². The lowest BCUT2D eigenvalue weighted by Gasteiger charge is -2.22. The molecule has 0 spiro atoms. The highest BCUT2D eigenvalue weighted by atomic mass is 35.5. The number of benzene rings is 2. The second kappa shape index (κ2) is 11.9. The second-order valence-corrected chi connectivity index (χ2v) is 9.71. The first-order valence-electron chi connectivity index (χ1n) is 9.64. The fraction of sp³-hybridized carbons (Fsp3) is 0.364. The van der Waals surface area contributed by atoms with Crippen molar-refractivity contribution in [1.82, 2.24) is 9.88 Å². The minimum Gasteiger partial charge on any atom is -0.308 e. The Bertz CT molecular complexity index is 925. The molecule has 0 bridgehead atoms. The van der Waals surface area contributed by atoms with Crippen molar-refractivity contribution in [2.75, 3.05) is 37.8 Å². The fourth-order valence-corrected chi connectivity index (χ4v) is 5.13. The molecule has 0 atom stereocenters. The van der Waals surface area contributed by atoms with Gasteiger partial charge in [0.05, 0.1) is 15.2 Å². The monoisotopic (exact) mass is 483 g/mol. The zero-order valence-electron chi connectivity index (χ0n) is 17.4. The number of thioether (sulfide) groups is 1. The van der Waals surface area contributed by atoms with Crippen LogP contribution in [0.5, 0.6) is 0 Å². The van der Waals surface area contributed by atoms with Crippen LogP contribution in [0.4, 0.5) is 5.13 Å². The van der Waals surface area contributed by atoms with E-state index in [0.717, 1.165) is 39.6 Å². The smallest absolute Gasteiger partial charge is 0.228 e. The highest BCUT2D eigenvalue weighted by molar-refractivity contribution is 7.99. The zero-order chi connectivity index (χ0) is 20.8. The zero-order valence-corrected chi connectivity index (χ0v) is 20.6. The van der Waals surface area contributed by atoms with Gasteiger partial charge in [-0.3, -0.25) is 9.69 Å². The molecular formula is C22H27Cl2N3OS2. The number of fused-ring (bicyclic) bond motifs is 1. The lowest BCUT2D eigenvalue weighted by Crippen LogP contribution is -2.36. The van der Waals surface area contributed by atoms with Crippen LogP contribution in [0.25, 0.3) is 10.2 Å². The summed E-state index contributed by atoms with van der Waals surface area (Å²) in [6, 6.07) is 14.2. The number of aromatic nitrogens is 1. The van der Waals surface area contributed by atoms with Crippen molar-refractivity contribution in [3.8, 4) is 0 Å². The molecule has 2 aromatic carbocycles. The molecule has 1 aromatic heterocycles. The summed E-state index contributed by atoms with van der Waals surface area (Å²) in [6.07, 6.45) is 1.34. The van der Waals surface area contributed by atoms with Gasteiger partial charge in [-0.05, 0) is 57.0 Å². The molecule has 0 fully saturated rings. The number of amides is 1. The number of hydrogen-bond donors (Lipinski definition) is 0. The van der Waals surface area contributed by atoms with Crippen LogP contribution in [-0.4, -0.2) is 48.7 Å². The van der Waals surface area contributed by atoms with Gasteiger partial charge in [0.15, 0.2) is 5.13 Å². The molecule has 0 radical (unpaired) electrons. The fourth-order valence-electron chi connectivity index (χ4n) is 2.90. The van der Waals surface area contributed by atoms with E-state index < -0.39 is 0 Å². The maximum Gasteiger partial charge on any atom is 0.228 e. The molecule has 3 rings (SSSR count). The molecule has 30 heavy (non-hydrogen) atoms. The lowest BCUT2D eigenvalue weighted by molar-refractivity contribution is -0.118. The van der Waals surface area contributed by atoms with Crippen LogP contribution in [0, 0.1) is 6.92 Å². The third kappa shape index (κ3) is 6.59. The summed E-state index contributed by atoms with van der Waals surface area (Å²) in [5.74, 6) is 1.04. The number of carbonyl (C=O) groups is 1. The minimum atomic E-state index is 0. The standard InChI is InChI=1S/C22H26ClN3OS2.ClH/c1-16-11-12-18(23)21-20(16)24-22(29-21)26(14-13-25(2)3)19(27)10-7-15-28-17-8-5-4-6-9-17;/h4-6,8-9,11-12H,7,10,13-15H2,1-3H3;1H. The molecule has 1 amide bonds. The highest BCUT2D eigenvalue weighted by Gasteiger charge is 2.21. The molecule has 4 nitrogen and oxygen atoms in total. The predicted molar refractivity (Wildman–Crippen MR) is 134 cm³/mol. The Hall–Kier alpha value is -1.31. The first kappa shape index (κ1) is 25.0. The van der Waals surface area contributed by atoms with Crippen molar-refractivity contribution >= 4 is 68.4 Å². The van der Waals surface area contributed by atoms with Crippen molar-refractivity contribution in [1.29, 1.82) is 0 Å². The number of aryl methyl sites for hydroxylation is 1. The summed E-state index contributed by atoms with van der Waals surface area (Å²) in [6.45, 7) is 3.43. The lowest BCUT2D eigenvalue weighted by atomic mass is 10.2. The highest BCUT2D eigenvalue weighted by Crippen LogP contribution is 2.36. The summed E-state index contributed by atoms with van der Waals surface area (Å²) < 4.78 is 0.948. The largest absolute Gasteiger partial charge is 0.308 e. The number of nitrogens with zero attached hydrogens (tertiary/aromatic N) is 3. The minimum absolute atomic E-state index is 0. The van der Waals surface area contributed by atoms with Crippen LogP contribution in [-0.2, 0) is 4.79 Å². The molecule has 0 N–H and O–H groups in total. The number of thiazole rings is 1. The Kier molecular flexibility index (Phi) is 9.91. The van der Waals surface area contributed by atoms with Gasteiger partial charge in [0.2, 0.25) is 5.91 Å². The molecule has 0 saturated carbocycles. The van der Waals surface area contributed by atoms with E-state index in [9.17, 15) is 4.79 Å². The van der Waals surface area contributed by atoms with Crippen LogP contribution >= 0.6 is 47.1 Å². The summed E-state index contributed by atoms with van der Waals surface area (Å²) >= 11 is 9.66. The number of halogens is 2. The van der Waals surface area contributed by atoms with Gasteiger partial charge in [0.1, 0.15) is 0 Å². The maximum absolute atomic E-state index is 13.0. The van der Waals surface area contributed by atoms with Gasteiger partial charge < -0.3 is 4.90 Å². The van der Waals surface area contributed by atoms with E-state index in [-0.39, 0.29) is 18.3 Å². The average molecular weight is 485 g/mol. The van der Waals surface area contributed by atoms with E-state index in [0.29, 0.717) is 18.0 Å². The van der Waals surface area contributed by atoms with E-state index in [2.05, 4.69) is 17.0 Å². The average Bonchev–Trinajstić information content (AvgIpc) is 3.15. The predicted octanol–water partition coefficient (Wildman–Crippen LogP) is 6.15. The van der Waals surface area contributed by atoms with Gasteiger partial charge in [0, 0.05) is 24.4 Å². The molecule has 0 aliphatic carbocycles. The third-order valence-electron chi connectivity index (χ3n) is 4.54. The van der Waals surface area contributed by atoms with Gasteiger partial charge >= 0.3 is 0 Å². The van der Waals surface area contributed by atoms with Crippen LogP contribution in [0.2, 0.25) is 5.02 Å². The Morgan fingerprint density at radius 1 is 1.13 bits per heavy atom. The van der Waals surface area contributed by atoms with Gasteiger partial charge in [-0.25, -0.2) is 4.98 Å². The maximum atomic E-state index is 13.0. The van der Waals surface area contributed by atoms with Crippen molar-refractivity contribution in [3.05, 3.63) is 53.1 Å². The van der Waals surface area contributed by atoms with E-state index in [1.807, 2.05) is 56.3 Å². The van der Waals surface area contributed by atoms with Gasteiger partial charge in [-0.15, -0.1) is 24.2 Å². The number of anilines is 1. The molecule has 3 aromatic rings. The number of likely N-dealkylation sites (N-methyl/N-ethyl adjacent to an activating group) is 1. The summed E-state index contributed by atoms with van der Waals surface area (Å²) in [7, 11) is 4.02. The molecule has 8 heteroatoms. The van der Waals surface area contributed by atoms with Crippen molar-refractivity contribution < 1.29 is 4.79 Å². The molecule has 0 unspecified atom stereocenters. The Morgan fingerprint density at radius 2 is 1.87 bits per heavy atom. The normalized spacial score (nSPS) is 11.0. The van der Waals surface area contributed by atoms with E-state index in [4.69, 9.17) is 16.6 Å². The first-order valence-corrected chi connectivity index (χ1v) is 11.8. The Morgan fingerprint density at radius 3 is 2.53 bits per heavy atom. The van der Waals surface area contributed by atoms with Gasteiger partial charge in [-0.1, -0.05) is 47.2 Å². The summed E-state index contributed by atoms with van der Waals surface area (Å²) in [4.78, 5) is 23.0. The van der Waals surface area contributed by atoms with E-state index in [1.54, 1.807) is 11.8 Å². The molecule has 1 heterocycles. The topological polar surface area (TPSA) is 36.4 Å². The molecule has 0 aliphatic rings. The molecular weight excluding hydrogens is 457 g/mol. The summed E-state index contributed by atoms with van der Waals surface area (Å²) in [5, 5.41) is 1.42. The van der Waals surface area contributed by atoms with E-state index in [1.165, 1.54) is 16.2 Å². The summed E-state index contributed by atoms with van der Waals surface area (Å²) in [5.41, 5.74) is 1.96. The third-order valence-corrected chi connectivity index (χ3v) is 7.17.